The predicted octanol–water partition coefficient (Wildman–Crippen LogP) is 4.18. The van der Waals surface area contributed by atoms with Crippen molar-refractivity contribution in [1.29, 1.82) is 0 Å². The Hall–Kier alpha value is -0.380. The van der Waals surface area contributed by atoms with Crippen molar-refractivity contribution in [3.05, 3.63) is 16.9 Å². The molecule has 1 aliphatic heterocycles. The van der Waals surface area contributed by atoms with Crippen LogP contribution < -0.4 is 0 Å². The number of rotatable bonds is 3. The van der Waals surface area contributed by atoms with E-state index in [2.05, 4.69) is 31.9 Å². The zero-order valence-corrected chi connectivity index (χ0v) is 15.6. The highest BCUT2D eigenvalue weighted by atomic mass is 16.5. The molecule has 130 valence electrons. The normalized spacial score (nSPS) is 44.1. The second-order valence-corrected chi connectivity index (χ2v) is 10.2. The highest BCUT2D eigenvalue weighted by Crippen LogP contribution is 2.57. The summed E-state index contributed by atoms with van der Waals surface area (Å²) in [7, 11) is 2.32. The summed E-state index contributed by atoms with van der Waals surface area (Å²) in [5.74, 6) is 2.92. The zero-order chi connectivity index (χ0) is 16.6. The van der Waals surface area contributed by atoms with Crippen molar-refractivity contribution < 1.29 is 0 Å². The average molecular weight is 317 g/mol. The Morgan fingerprint density at radius 2 is 1.52 bits per heavy atom. The summed E-state index contributed by atoms with van der Waals surface area (Å²) < 4.78 is 0. The summed E-state index contributed by atoms with van der Waals surface area (Å²) in [6.45, 7) is 9.22. The molecule has 0 saturated heterocycles. The summed E-state index contributed by atoms with van der Waals surface area (Å²) in [5.41, 5.74) is 0.989. The summed E-state index contributed by atoms with van der Waals surface area (Å²) in [6, 6.07) is 0. The third-order valence-electron chi connectivity index (χ3n) is 7.57. The molecule has 0 unspecified atom stereocenters. The minimum Gasteiger partial charge on any atom is -0.784 e. The second-order valence-electron chi connectivity index (χ2n) is 10.2. The fourth-order valence-corrected chi connectivity index (χ4v) is 6.71. The summed E-state index contributed by atoms with van der Waals surface area (Å²) in [5, 5.41) is 13.9. The van der Waals surface area contributed by atoms with Crippen LogP contribution in [0.25, 0.3) is 0 Å². The van der Waals surface area contributed by atoms with Crippen LogP contribution >= 0.6 is 0 Å². The lowest BCUT2D eigenvalue weighted by Crippen LogP contribution is -2.59. The second kappa shape index (κ2) is 4.83. The molecule has 0 N–H and O–H groups in total. The maximum atomic E-state index is 12.6. The molecule has 0 amide bonds. The first-order valence-corrected chi connectivity index (χ1v) is 9.53. The molecular formula is C20H33N2O-. The van der Waals surface area contributed by atoms with Crippen molar-refractivity contribution in [3.8, 4) is 0 Å². The molecule has 0 aromatic heterocycles. The van der Waals surface area contributed by atoms with E-state index in [0.717, 1.165) is 24.3 Å². The molecule has 3 heteroatoms. The predicted molar refractivity (Wildman–Crippen MR) is 95.0 cm³/mol. The lowest BCUT2D eigenvalue weighted by Gasteiger charge is -2.60. The van der Waals surface area contributed by atoms with Gasteiger partial charge in [0.25, 0.3) is 0 Å². The van der Waals surface area contributed by atoms with Crippen molar-refractivity contribution in [2.45, 2.75) is 82.8 Å². The highest BCUT2D eigenvalue weighted by Gasteiger charge is 2.53. The van der Waals surface area contributed by atoms with Crippen LogP contribution in [0, 0.1) is 23.0 Å². The van der Waals surface area contributed by atoms with Gasteiger partial charge in [-0.1, -0.05) is 6.08 Å². The largest absolute Gasteiger partial charge is 0.784 e. The standard InChI is InChI=1S/C20H33N2O/c1-18(2)12-17(19(3,4)22(18)23)13-21(5)20-9-14-6-15(10-20)8-16(7-14)11-20/h12,14-16H,6-11,13H2,1-5H3/q-1. The first-order valence-electron chi connectivity index (χ1n) is 9.53. The molecule has 0 radical (unpaired) electrons. The molecule has 4 bridgehead atoms. The fourth-order valence-electron chi connectivity index (χ4n) is 6.71. The summed E-state index contributed by atoms with van der Waals surface area (Å²) >= 11 is 0. The average Bonchev–Trinajstić information content (AvgIpc) is 2.57. The van der Waals surface area contributed by atoms with Crippen LogP contribution in [0.3, 0.4) is 0 Å². The van der Waals surface area contributed by atoms with E-state index in [1.807, 2.05) is 13.8 Å². The quantitative estimate of drug-likeness (QED) is 0.731. The number of hydrogen-bond donors (Lipinski definition) is 0. The molecule has 4 fully saturated rings. The van der Waals surface area contributed by atoms with Crippen LogP contribution in [0.4, 0.5) is 0 Å². The molecule has 23 heavy (non-hydrogen) atoms. The van der Waals surface area contributed by atoms with Crippen molar-refractivity contribution in [2.24, 2.45) is 17.8 Å². The highest BCUT2D eigenvalue weighted by molar-refractivity contribution is 5.33. The van der Waals surface area contributed by atoms with E-state index in [1.165, 1.54) is 49.2 Å². The fraction of sp³-hybridized carbons (Fsp3) is 0.900. The van der Waals surface area contributed by atoms with E-state index >= 15 is 0 Å². The molecule has 5 rings (SSSR count). The Kier molecular flexibility index (Phi) is 3.38. The van der Waals surface area contributed by atoms with E-state index in [1.54, 1.807) is 0 Å². The van der Waals surface area contributed by atoms with Gasteiger partial charge in [-0.2, -0.15) is 0 Å². The van der Waals surface area contributed by atoms with Gasteiger partial charge in [-0.25, -0.2) is 0 Å². The Balaban J connectivity index is 1.56. The van der Waals surface area contributed by atoms with E-state index in [4.69, 9.17) is 0 Å². The smallest absolute Gasteiger partial charge is 0.0267 e. The van der Waals surface area contributed by atoms with Crippen LogP contribution in [0.5, 0.6) is 0 Å². The van der Waals surface area contributed by atoms with Gasteiger partial charge in [0.2, 0.25) is 0 Å². The van der Waals surface area contributed by atoms with Gasteiger partial charge in [-0.3, -0.25) is 4.90 Å². The number of hydroxylamine groups is 2. The summed E-state index contributed by atoms with van der Waals surface area (Å²) in [6.07, 6.45) is 10.9. The van der Waals surface area contributed by atoms with E-state index in [0.29, 0.717) is 5.54 Å². The molecule has 1 heterocycles. The monoisotopic (exact) mass is 317 g/mol. The Labute approximate surface area is 141 Å². The van der Waals surface area contributed by atoms with Gasteiger partial charge < -0.3 is 10.3 Å². The van der Waals surface area contributed by atoms with Crippen molar-refractivity contribution in [1.82, 2.24) is 9.96 Å². The first kappa shape index (κ1) is 16.1. The minimum absolute atomic E-state index is 0.374. The van der Waals surface area contributed by atoms with E-state index in [-0.39, 0.29) is 11.1 Å². The molecule has 4 aliphatic carbocycles. The lowest BCUT2D eigenvalue weighted by molar-refractivity contribution is -0.0768. The van der Waals surface area contributed by atoms with E-state index in [9.17, 15) is 5.21 Å². The maximum absolute atomic E-state index is 12.6. The molecule has 5 aliphatic rings. The first-order chi connectivity index (χ1) is 10.6. The van der Waals surface area contributed by atoms with Crippen molar-refractivity contribution in [2.75, 3.05) is 13.6 Å². The van der Waals surface area contributed by atoms with Gasteiger partial charge in [0, 0.05) is 23.2 Å². The van der Waals surface area contributed by atoms with Gasteiger partial charge >= 0.3 is 0 Å². The lowest BCUT2D eigenvalue weighted by atomic mass is 9.52. The summed E-state index contributed by atoms with van der Waals surface area (Å²) in [4.78, 5) is 2.64. The molecule has 0 spiro atoms. The Morgan fingerprint density at radius 3 is 1.91 bits per heavy atom. The number of likely N-dealkylation sites (N-methyl/N-ethyl adjacent to an activating group) is 1. The molecular weight excluding hydrogens is 284 g/mol. The number of nitrogens with zero attached hydrogens (tertiary/aromatic N) is 2. The number of hydrogen-bond acceptors (Lipinski definition) is 3. The molecule has 0 atom stereocenters. The van der Waals surface area contributed by atoms with Crippen LogP contribution in [0.2, 0.25) is 0 Å². The SMILES string of the molecule is CN(CC1=CC(C)(C)N([O-])C1(C)C)C12CC3CC(CC(C3)C1)C2. The van der Waals surface area contributed by atoms with Crippen LogP contribution in [0.15, 0.2) is 11.6 Å². The van der Waals surface area contributed by atoms with Crippen molar-refractivity contribution in [3.63, 3.8) is 0 Å². The van der Waals surface area contributed by atoms with Crippen LogP contribution in [-0.4, -0.2) is 40.2 Å². The Morgan fingerprint density at radius 1 is 1.04 bits per heavy atom. The van der Waals surface area contributed by atoms with Gasteiger partial charge in [-0.05, 0) is 96.6 Å². The molecule has 4 saturated carbocycles. The molecule has 0 aromatic carbocycles. The Bertz CT molecular complexity index is 498. The van der Waals surface area contributed by atoms with Gasteiger partial charge in [-0.15, -0.1) is 0 Å². The van der Waals surface area contributed by atoms with Gasteiger partial charge in [0.15, 0.2) is 0 Å². The van der Waals surface area contributed by atoms with Crippen LogP contribution in [-0.2, 0) is 0 Å². The molecule has 3 nitrogen and oxygen atoms in total. The van der Waals surface area contributed by atoms with Crippen LogP contribution in [0.1, 0.15) is 66.2 Å². The van der Waals surface area contributed by atoms with Gasteiger partial charge in [0.05, 0.1) is 0 Å². The minimum atomic E-state index is -0.375. The maximum Gasteiger partial charge on any atom is 0.0267 e. The van der Waals surface area contributed by atoms with Gasteiger partial charge in [0.1, 0.15) is 0 Å². The third-order valence-corrected chi connectivity index (χ3v) is 7.57. The zero-order valence-electron chi connectivity index (χ0n) is 15.6. The topological polar surface area (TPSA) is 29.5 Å². The third kappa shape index (κ3) is 2.34. The van der Waals surface area contributed by atoms with Crippen molar-refractivity contribution >= 4 is 0 Å². The van der Waals surface area contributed by atoms with E-state index < -0.39 is 0 Å². The molecule has 0 aromatic rings.